The first-order chi connectivity index (χ1) is 4.90. The highest BCUT2D eigenvalue weighted by atomic mass is 16.7. The number of oxime groups is 1. The fourth-order valence-electron chi connectivity index (χ4n) is 1.30. The molecule has 0 amide bonds. The van der Waals surface area contributed by atoms with Crippen LogP contribution in [0.4, 0.5) is 0 Å². The highest BCUT2D eigenvalue weighted by Crippen LogP contribution is 2.24. The predicted molar refractivity (Wildman–Crippen MR) is 33.1 cm³/mol. The van der Waals surface area contributed by atoms with Gasteiger partial charge in [-0.2, -0.15) is 0 Å². The molecule has 2 atom stereocenters. The van der Waals surface area contributed by atoms with Crippen LogP contribution < -0.4 is 0 Å². The Morgan fingerprint density at radius 1 is 1.60 bits per heavy atom. The number of nitrogens with zero attached hydrogens (tertiary/aromatic N) is 1. The predicted octanol–water partition coefficient (Wildman–Crippen LogP) is 0.352. The lowest BCUT2D eigenvalue weighted by molar-refractivity contribution is -0.0186. The first-order valence-corrected chi connectivity index (χ1v) is 3.38. The van der Waals surface area contributed by atoms with Gasteiger partial charge in [0.2, 0.25) is 6.29 Å². The second kappa shape index (κ2) is 2.21. The highest BCUT2D eigenvalue weighted by molar-refractivity contribution is 5.88. The molecular formula is C6H9NO3. The molecule has 2 aliphatic rings. The van der Waals surface area contributed by atoms with E-state index in [2.05, 4.69) is 5.16 Å². The molecule has 56 valence electrons. The van der Waals surface area contributed by atoms with Crippen molar-refractivity contribution in [2.24, 2.45) is 5.16 Å². The molecule has 2 heterocycles. The average molecular weight is 143 g/mol. The zero-order valence-electron chi connectivity index (χ0n) is 5.49. The Morgan fingerprint density at radius 2 is 2.50 bits per heavy atom. The third-order valence-electron chi connectivity index (χ3n) is 1.87. The van der Waals surface area contributed by atoms with Crippen LogP contribution >= 0.6 is 0 Å². The van der Waals surface area contributed by atoms with Crippen LogP contribution in [0.15, 0.2) is 5.16 Å². The van der Waals surface area contributed by atoms with E-state index in [1.807, 2.05) is 0 Å². The van der Waals surface area contributed by atoms with Crippen LogP contribution in [0, 0.1) is 0 Å². The summed E-state index contributed by atoms with van der Waals surface area (Å²) in [4.78, 5) is 0. The van der Waals surface area contributed by atoms with Gasteiger partial charge < -0.3 is 14.7 Å². The zero-order valence-corrected chi connectivity index (χ0v) is 5.49. The SMILES string of the molecule is O/N=C1\CC[C@@H]2CO[C@H]1O2. The first kappa shape index (κ1) is 6.12. The molecule has 2 rings (SSSR count). The average Bonchev–Trinajstić information content (AvgIpc) is 2.34. The van der Waals surface area contributed by atoms with Crippen molar-refractivity contribution >= 4 is 5.71 Å². The Labute approximate surface area is 58.4 Å². The monoisotopic (exact) mass is 143 g/mol. The molecule has 0 radical (unpaired) electrons. The Bertz CT molecular complexity index is 168. The highest BCUT2D eigenvalue weighted by Gasteiger charge is 2.35. The second-order valence-electron chi connectivity index (χ2n) is 2.55. The Hall–Kier alpha value is -0.610. The number of hydrogen-bond donors (Lipinski definition) is 1. The van der Waals surface area contributed by atoms with Crippen molar-refractivity contribution in [2.75, 3.05) is 6.61 Å². The first-order valence-electron chi connectivity index (χ1n) is 3.38. The van der Waals surface area contributed by atoms with Crippen molar-refractivity contribution in [3.8, 4) is 0 Å². The lowest BCUT2D eigenvalue weighted by Gasteiger charge is -2.17. The summed E-state index contributed by atoms with van der Waals surface area (Å²) < 4.78 is 10.5. The van der Waals surface area contributed by atoms with Gasteiger partial charge in [-0.05, 0) is 12.8 Å². The lowest BCUT2D eigenvalue weighted by atomic mass is 10.1. The van der Waals surface area contributed by atoms with E-state index in [9.17, 15) is 0 Å². The van der Waals surface area contributed by atoms with Crippen molar-refractivity contribution in [1.29, 1.82) is 0 Å². The summed E-state index contributed by atoms with van der Waals surface area (Å²) in [5, 5.41) is 11.5. The van der Waals surface area contributed by atoms with Gasteiger partial charge in [0.05, 0.1) is 12.7 Å². The fourth-order valence-corrected chi connectivity index (χ4v) is 1.30. The fraction of sp³-hybridized carbons (Fsp3) is 0.833. The molecule has 0 aromatic heterocycles. The summed E-state index contributed by atoms with van der Waals surface area (Å²) in [5.74, 6) is 0. The Kier molecular flexibility index (Phi) is 1.35. The zero-order chi connectivity index (χ0) is 6.97. The number of hydrogen-bond acceptors (Lipinski definition) is 4. The standard InChI is InChI=1S/C6H9NO3/c8-7-5-2-1-4-3-9-6(5)10-4/h4,6,8H,1-3H2/b7-5+/t4-,6+/m1/s1. The maximum absolute atomic E-state index is 8.44. The molecule has 4 heteroatoms. The summed E-state index contributed by atoms with van der Waals surface area (Å²) in [6.45, 7) is 0.643. The molecule has 10 heavy (non-hydrogen) atoms. The van der Waals surface area contributed by atoms with Gasteiger partial charge in [-0.3, -0.25) is 0 Å². The molecule has 0 unspecified atom stereocenters. The van der Waals surface area contributed by atoms with Crippen molar-refractivity contribution in [3.63, 3.8) is 0 Å². The van der Waals surface area contributed by atoms with E-state index < -0.39 is 0 Å². The normalized spacial score (nSPS) is 42.6. The lowest BCUT2D eigenvalue weighted by Crippen LogP contribution is -2.28. The van der Waals surface area contributed by atoms with Gasteiger partial charge in [0.1, 0.15) is 5.71 Å². The van der Waals surface area contributed by atoms with E-state index >= 15 is 0 Å². The van der Waals surface area contributed by atoms with Crippen LogP contribution in [0.25, 0.3) is 0 Å². The third kappa shape index (κ3) is 0.803. The summed E-state index contributed by atoms with van der Waals surface area (Å²) in [6, 6.07) is 0. The van der Waals surface area contributed by atoms with Gasteiger partial charge in [-0.1, -0.05) is 5.16 Å². The molecule has 2 aliphatic heterocycles. The summed E-state index contributed by atoms with van der Waals surface area (Å²) in [5.41, 5.74) is 0.619. The van der Waals surface area contributed by atoms with Gasteiger partial charge in [0.15, 0.2) is 0 Å². The molecular weight excluding hydrogens is 134 g/mol. The molecule has 2 saturated heterocycles. The van der Waals surface area contributed by atoms with E-state index in [0.29, 0.717) is 12.3 Å². The molecule has 0 aromatic carbocycles. The van der Waals surface area contributed by atoms with Crippen LogP contribution in [0.1, 0.15) is 12.8 Å². The van der Waals surface area contributed by atoms with E-state index in [1.165, 1.54) is 0 Å². The quantitative estimate of drug-likeness (QED) is 0.393. The van der Waals surface area contributed by atoms with Crippen molar-refractivity contribution in [1.82, 2.24) is 0 Å². The molecule has 1 N–H and O–H groups in total. The second-order valence-corrected chi connectivity index (χ2v) is 2.55. The smallest absolute Gasteiger partial charge is 0.200 e. The summed E-state index contributed by atoms with van der Waals surface area (Å²) in [6.07, 6.45) is 1.58. The van der Waals surface area contributed by atoms with Crippen LogP contribution in [-0.4, -0.2) is 29.9 Å². The topological polar surface area (TPSA) is 51.1 Å². The van der Waals surface area contributed by atoms with Gasteiger partial charge in [-0.25, -0.2) is 0 Å². The Morgan fingerprint density at radius 3 is 3.30 bits per heavy atom. The minimum atomic E-state index is -0.358. The van der Waals surface area contributed by atoms with Crippen LogP contribution in [-0.2, 0) is 9.47 Å². The molecule has 0 spiro atoms. The Balaban J connectivity index is 2.14. The maximum Gasteiger partial charge on any atom is 0.200 e. The minimum absolute atomic E-state index is 0.232. The number of rotatable bonds is 0. The van der Waals surface area contributed by atoms with Gasteiger partial charge in [0.25, 0.3) is 0 Å². The largest absolute Gasteiger partial charge is 0.411 e. The maximum atomic E-state index is 8.44. The van der Waals surface area contributed by atoms with Crippen LogP contribution in [0.5, 0.6) is 0 Å². The van der Waals surface area contributed by atoms with E-state index in [0.717, 1.165) is 12.8 Å². The van der Waals surface area contributed by atoms with Crippen LogP contribution in [0.2, 0.25) is 0 Å². The van der Waals surface area contributed by atoms with E-state index in [4.69, 9.17) is 14.7 Å². The van der Waals surface area contributed by atoms with E-state index in [1.54, 1.807) is 0 Å². The molecule has 0 aromatic rings. The van der Waals surface area contributed by atoms with E-state index in [-0.39, 0.29) is 12.4 Å². The van der Waals surface area contributed by atoms with Gasteiger partial charge >= 0.3 is 0 Å². The van der Waals surface area contributed by atoms with Crippen molar-refractivity contribution in [2.45, 2.75) is 25.2 Å². The van der Waals surface area contributed by atoms with Gasteiger partial charge in [-0.15, -0.1) is 0 Å². The minimum Gasteiger partial charge on any atom is -0.411 e. The third-order valence-corrected chi connectivity index (χ3v) is 1.87. The van der Waals surface area contributed by atoms with Gasteiger partial charge in [0, 0.05) is 0 Å². The number of fused-ring (bicyclic) bond motifs is 2. The van der Waals surface area contributed by atoms with Crippen LogP contribution in [0.3, 0.4) is 0 Å². The molecule has 0 aliphatic carbocycles. The summed E-state index contributed by atoms with van der Waals surface area (Å²) in [7, 11) is 0. The molecule has 4 nitrogen and oxygen atoms in total. The molecule has 0 saturated carbocycles. The molecule has 2 bridgehead atoms. The summed E-state index contributed by atoms with van der Waals surface area (Å²) >= 11 is 0. The molecule has 2 fully saturated rings. The van der Waals surface area contributed by atoms with Crippen molar-refractivity contribution < 1.29 is 14.7 Å². The number of ether oxygens (including phenoxy) is 2. The van der Waals surface area contributed by atoms with Crippen molar-refractivity contribution in [3.05, 3.63) is 0 Å².